The predicted octanol–water partition coefficient (Wildman–Crippen LogP) is 3.36. The molecule has 2 aromatic carbocycles. The minimum absolute atomic E-state index is 0.106. The molecule has 0 radical (unpaired) electrons. The zero-order chi connectivity index (χ0) is 17.5. The highest BCUT2D eigenvalue weighted by molar-refractivity contribution is 5.96. The second-order valence-corrected chi connectivity index (χ2v) is 6.07. The van der Waals surface area contributed by atoms with Crippen LogP contribution < -0.4 is 10.1 Å². The fourth-order valence-electron chi connectivity index (χ4n) is 2.81. The Hall–Kier alpha value is -2.40. The maximum atomic E-state index is 12.9. The van der Waals surface area contributed by atoms with Crippen molar-refractivity contribution >= 4 is 5.91 Å². The van der Waals surface area contributed by atoms with E-state index in [-0.39, 0.29) is 17.8 Å². The second kappa shape index (κ2) is 8.62. The first kappa shape index (κ1) is 17.4. The maximum absolute atomic E-state index is 12.9. The number of hydrogen-bond donors (Lipinski definition) is 1. The molecule has 1 unspecified atom stereocenters. The molecule has 1 N–H and O–H groups in total. The fourth-order valence-corrected chi connectivity index (χ4v) is 2.81. The van der Waals surface area contributed by atoms with Crippen LogP contribution in [0, 0.1) is 5.82 Å². The molecule has 3 rings (SSSR count). The molecule has 0 bridgehead atoms. The predicted molar refractivity (Wildman–Crippen MR) is 93.3 cm³/mol. The van der Waals surface area contributed by atoms with E-state index in [9.17, 15) is 9.18 Å². The van der Waals surface area contributed by atoms with E-state index in [1.54, 1.807) is 24.3 Å². The fraction of sp³-hybridized carbons (Fsp3) is 0.350. The van der Waals surface area contributed by atoms with Crippen molar-refractivity contribution in [3.05, 3.63) is 65.5 Å². The molecule has 1 amide bonds. The lowest BCUT2D eigenvalue weighted by Gasteiger charge is -2.14. The number of carbonyl (C=O) groups excluding carboxylic acids is 1. The molecular weight excluding hydrogens is 321 g/mol. The standard InChI is InChI=1S/C20H22FNO3/c21-16-9-7-15(8-10-16)11-12-22-20(23)18-5-1-2-6-19(18)25-14-17-4-3-13-24-17/h1-2,5-10,17H,3-4,11-14H2,(H,22,23). The number of halogens is 1. The Morgan fingerprint density at radius 3 is 2.76 bits per heavy atom. The molecule has 1 atom stereocenters. The summed E-state index contributed by atoms with van der Waals surface area (Å²) in [5, 5.41) is 2.89. The van der Waals surface area contributed by atoms with Crippen molar-refractivity contribution < 1.29 is 18.7 Å². The van der Waals surface area contributed by atoms with E-state index in [1.165, 1.54) is 12.1 Å². The maximum Gasteiger partial charge on any atom is 0.255 e. The quantitative estimate of drug-likeness (QED) is 0.839. The molecule has 132 valence electrons. The topological polar surface area (TPSA) is 47.6 Å². The summed E-state index contributed by atoms with van der Waals surface area (Å²) in [6, 6.07) is 13.5. The molecule has 4 nitrogen and oxygen atoms in total. The van der Waals surface area contributed by atoms with E-state index < -0.39 is 0 Å². The average molecular weight is 343 g/mol. The van der Waals surface area contributed by atoms with Crippen LogP contribution >= 0.6 is 0 Å². The summed E-state index contributed by atoms with van der Waals surface area (Å²) < 4.78 is 24.2. The lowest BCUT2D eigenvalue weighted by atomic mass is 10.1. The average Bonchev–Trinajstić information content (AvgIpc) is 3.15. The SMILES string of the molecule is O=C(NCCc1ccc(F)cc1)c1ccccc1OCC1CCCO1. The van der Waals surface area contributed by atoms with Gasteiger partial charge in [0.05, 0.1) is 11.7 Å². The van der Waals surface area contributed by atoms with Crippen molar-refractivity contribution in [1.82, 2.24) is 5.32 Å². The van der Waals surface area contributed by atoms with Crippen LogP contribution in [-0.4, -0.2) is 31.8 Å². The number of amides is 1. The molecule has 25 heavy (non-hydrogen) atoms. The highest BCUT2D eigenvalue weighted by Gasteiger charge is 2.18. The summed E-state index contributed by atoms with van der Waals surface area (Å²) in [6.07, 6.45) is 2.80. The smallest absolute Gasteiger partial charge is 0.255 e. The van der Waals surface area contributed by atoms with Gasteiger partial charge in [-0.05, 0) is 49.1 Å². The van der Waals surface area contributed by atoms with Gasteiger partial charge in [0.25, 0.3) is 5.91 Å². The second-order valence-electron chi connectivity index (χ2n) is 6.07. The lowest BCUT2D eigenvalue weighted by molar-refractivity contribution is 0.0670. The lowest BCUT2D eigenvalue weighted by Crippen LogP contribution is -2.26. The molecule has 1 saturated heterocycles. The third-order valence-corrected chi connectivity index (χ3v) is 4.19. The molecule has 0 saturated carbocycles. The van der Waals surface area contributed by atoms with Gasteiger partial charge in [-0.25, -0.2) is 4.39 Å². The van der Waals surface area contributed by atoms with E-state index >= 15 is 0 Å². The van der Waals surface area contributed by atoms with Gasteiger partial charge in [0.2, 0.25) is 0 Å². The van der Waals surface area contributed by atoms with E-state index in [0.717, 1.165) is 25.0 Å². The van der Waals surface area contributed by atoms with Crippen molar-refractivity contribution in [1.29, 1.82) is 0 Å². The van der Waals surface area contributed by atoms with Crippen molar-refractivity contribution in [2.75, 3.05) is 19.8 Å². The van der Waals surface area contributed by atoms with Gasteiger partial charge < -0.3 is 14.8 Å². The normalized spacial score (nSPS) is 16.6. The van der Waals surface area contributed by atoms with Gasteiger partial charge >= 0.3 is 0 Å². The van der Waals surface area contributed by atoms with Gasteiger partial charge in [-0.1, -0.05) is 24.3 Å². The summed E-state index contributed by atoms with van der Waals surface area (Å²) in [7, 11) is 0. The van der Waals surface area contributed by atoms with Crippen molar-refractivity contribution in [2.45, 2.75) is 25.4 Å². The summed E-state index contributed by atoms with van der Waals surface area (Å²) in [5.41, 5.74) is 1.49. The molecule has 5 heteroatoms. The van der Waals surface area contributed by atoms with Crippen LogP contribution in [0.4, 0.5) is 4.39 Å². The van der Waals surface area contributed by atoms with Crippen LogP contribution in [0.25, 0.3) is 0 Å². The number of carbonyl (C=O) groups is 1. The molecule has 0 aliphatic carbocycles. The number of para-hydroxylation sites is 1. The molecular formula is C20H22FNO3. The molecule has 1 aliphatic heterocycles. The van der Waals surface area contributed by atoms with Gasteiger partial charge in [0.15, 0.2) is 0 Å². The summed E-state index contributed by atoms with van der Waals surface area (Å²) in [5.74, 6) is 0.132. The summed E-state index contributed by atoms with van der Waals surface area (Å²) in [4.78, 5) is 12.4. The molecule has 1 aliphatic rings. The zero-order valence-electron chi connectivity index (χ0n) is 14.0. The largest absolute Gasteiger partial charge is 0.490 e. The number of rotatable bonds is 7. The Labute approximate surface area is 147 Å². The van der Waals surface area contributed by atoms with E-state index in [0.29, 0.717) is 30.9 Å². The molecule has 0 spiro atoms. The van der Waals surface area contributed by atoms with Crippen molar-refractivity contribution in [3.63, 3.8) is 0 Å². The number of benzene rings is 2. The molecule has 2 aromatic rings. The third-order valence-electron chi connectivity index (χ3n) is 4.19. The first-order chi connectivity index (χ1) is 12.2. The van der Waals surface area contributed by atoms with Crippen LogP contribution in [0.5, 0.6) is 5.75 Å². The summed E-state index contributed by atoms with van der Waals surface area (Å²) >= 11 is 0. The number of ether oxygens (including phenoxy) is 2. The highest BCUT2D eigenvalue weighted by Crippen LogP contribution is 2.20. The Balaban J connectivity index is 1.53. The Morgan fingerprint density at radius 2 is 2.00 bits per heavy atom. The van der Waals surface area contributed by atoms with Crippen LogP contribution in [0.2, 0.25) is 0 Å². The van der Waals surface area contributed by atoms with E-state index in [1.807, 2.05) is 12.1 Å². The van der Waals surface area contributed by atoms with Crippen LogP contribution in [-0.2, 0) is 11.2 Å². The minimum Gasteiger partial charge on any atom is -0.490 e. The Bertz CT molecular complexity index is 696. The van der Waals surface area contributed by atoms with E-state index in [4.69, 9.17) is 9.47 Å². The van der Waals surface area contributed by atoms with Gasteiger partial charge in [-0.3, -0.25) is 4.79 Å². The highest BCUT2D eigenvalue weighted by atomic mass is 19.1. The number of nitrogens with one attached hydrogen (secondary N) is 1. The van der Waals surface area contributed by atoms with Gasteiger partial charge in [-0.15, -0.1) is 0 Å². The third kappa shape index (κ3) is 5.03. The van der Waals surface area contributed by atoms with E-state index in [2.05, 4.69) is 5.32 Å². The van der Waals surface area contributed by atoms with Crippen molar-refractivity contribution in [3.8, 4) is 5.75 Å². The Morgan fingerprint density at radius 1 is 1.20 bits per heavy atom. The summed E-state index contributed by atoms with van der Waals surface area (Å²) in [6.45, 7) is 1.71. The minimum atomic E-state index is -0.259. The first-order valence-corrected chi connectivity index (χ1v) is 8.58. The van der Waals surface area contributed by atoms with Crippen LogP contribution in [0.1, 0.15) is 28.8 Å². The van der Waals surface area contributed by atoms with Crippen LogP contribution in [0.3, 0.4) is 0 Å². The molecule has 1 heterocycles. The van der Waals surface area contributed by atoms with Gasteiger partial charge in [0.1, 0.15) is 18.2 Å². The van der Waals surface area contributed by atoms with Gasteiger partial charge in [-0.2, -0.15) is 0 Å². The molecule has 0 aromatic heterocycles. The first-order valence-electron chi connectivity index (χ1n) is 8.58. The Kier molecular flexibility index (Phi) is 6.01. The van der Waals surface area contributed by atoms with Crippen molar-refractivity contribution in [2.24, 2.45) is 0 Å². The monoisotopic (exact) mass is 343 g/mol. The van der Waals surface area contributed by atoms with Gasteiger partial charge in [0, 0.05) is 13.2 Å². The molecule has 1 fully saturated rings. The van der Waals surface area contributed by atoms with Crippen LogP contribution in [0.15, 0.2) is 48.5 Å². The zero-order valence-corrected chi connectivity index (χ0v) is 14.0. The number of hydrogen-bond acceptors (Lipinski definition) is 3.